The number of aromatic nitrogens is 3. The van der Waals surface area contributed by atoms with E-state index in [4.69, 9.17) is 19.0 Å². The number of ether oxygens (including phenoxy) is 3. The van der Waals surface area contributed by atoms with Crippen LogP contribution in [0.2, 0.25) is 0 Å². The molecule has 0 aliphatic carbocycles. The van der Waals surface area contributed by atoms with Crippen LogP contribution >= 0.6 is 0 Å². The van der Waals surface area contributed by atoms with Crippen molar-refractivity contribution in [1.82, 2.24) is 54.4 Å². The van der Waals surface area contributed by atoms with Gasteiger partial charge in [-0.15, -0.1) is 0 Å². The maximum absolute atomic E-state index is 13.4. The minimum atomic E-state index is -4.45. The molecule has 5 aromatic rings. The van der Waals surface area contributed by atoms with Gasteiger partial charge in [0.2, 0.25) is 25.5 Å². The summed E-state index contributed by atoms with van der Waals surface area (Å²) in [7, 11) is -6.69. The molecule has 6 rings (SSSR count). The molecule has 30 nitrogen and oxygen atoms in total. The number of pyridine rings is 1. The van der Waals surface area contributed by atoms with E-state index in [1.54, 1.807) is 69.0 Å². The van der Waals surface area contributed by atoms with Gasteiger partial charge in [0.05, 0.1) is 68.0 Å². The third kappa shape index (κ3) is 24.4. The van der Waals surface area contributed by atoms with Crippen molar-refractivity contribution in [3.05, 3.63) is 107 Å². The fraction of sp³-hybridized carbons (Fsp3) is 0.463. The number of aliphatic carboxylic acids is 4. The largest absolute Gasteiger partial charge is 0.480 e. The molecule has 485 valence electrons. The number of H-pyrrole nitrogens is 1. The van der Waals surface area contributed by atoms with Crippen LogP contribution in [0, 0.1) is 36.9 Å². The van der Waals surface area contributed by atoms with E-state index in [0.29, 0.717) is 114 Å². The Morgan fingerprint density at radius 3 is 1.70 bits per heavy atom. The number of carbonyl (C=O) groups is 5. The summed E-state index contributed by atoms with van der Waals surface area (Å²) in [5, 5.41) is 43.8. The van der Waals surface area contributed by atoms with Gasteiger partial charge in [0.1, 0.15) is 18.3 Å². The zero-order valence-electron chi connectivity index (χ0n) is 47.7. The molecule has 1 atom stereocenters. The number of nitrogens with zero attached hydrogens (tertiary/aromatic N) is 6. The van der Waals surface area contributed by atoms with Crippen LogP contribution in [0.25, 0.3) is 22.0 Å². The second-order valence-corrected chi connectivity index (χ2v) is 23.3. The average molecular weight is 1420 g/mol. The number of carboxylic acids is 4. The minimum Gasteiger partial charge on any atom is -0.480 e. The summed E-state index contributed by atoms with van der Waals surface area (Å²) < 4.78 is 75.6. The molecule has 3 aromatic carbocycles. The van der Waals surface area contributed by atoms with Crippen LogP contribution in [-0.4, -0.2) is 245 Å². The molecular formula is C54H74LuN12O18S2. The summed E-state index contributed by atoms with van der Waals surface area (Å²) in [6.45, 7) is 4.09. The van der Waals surface area contributed by atoms with Crippen LogP contribution < -0.4 is 31.0 Å². The number of anilines is 1. The number of fused-ring (bicyclic) bond motifs is 1. The minimum absolute atomic E-state index is 0. The van der Waals surface area contributed by atoms with E-state index in [0.717, 1.165) is 5.56 Å². The molecule has 0 bridgehead atoms. The van der Waals surface area contributed by atoms with Gasteiger partial charge in [-0.1, -0.05) is 30.3 Å². The monoisotopic (exact) mass is 1420 g/mol. The molecule has 1 amide bonds. The number of aryl methyl sites for hydroxylation is 1. The SMILES string of the molecule is Cn1cc(C(=O)NC[C@H](NS(=O)(=O)c2ccc(-c3ccc(S(=O)(=O)NCCCOCCOCCOCCNOCN4CCN(CC(=O)O)CCN(CC(=O)O)CCN(CC(=O)O)CC4)cc3)cc2)C(=O)O)c(=O)c2ccc(CNc3ncc[nH]3)cc21.[Lu]. The Hall–Kier alpha value is -6.08. The van der Waals surface area contributed by atoms with E-state index in [-0.39, 0.29) is 110 Å². The maximum Gasteiger partial charge on any atom is 0.323 e. The van der Waals surface area contributed by atoms with Crippen molar-refractivity contribution >= 4 is 66.7 Å². The first-order valence-corrected chi connectivity index (χ1v) is 30.4. The average Bonchev–Trinajstić information content (AvgIpc) is 1.67. The number of sulfonamides is 2. The fourth-order valence-corrected chi connectivity index (χ4v) is 11.1. The Balaban J connectivity index is 0.0000138. The van der Waals surface area contributed by atoms with Crippen LogP contribution in [-0.2, 0) is 71.9 Å². The zero-order chi connectivity index (χ0) is 62.1. The van der Waals surface area contributed by atoms with E-state index in [1.807, 2.05) is 4.90 Å². The van der Waals surface area contributed by atoms with Gasteiger partial charge in [0.15, 0.2) is 5.95 Å². The van der Waals surface area contributed by atoms with Gasteiger partial charge in [0, 0.05) is 153 Å². The summed E-state index contributed by atoms with van der Waals surface area (Å²) in [4.78, 5) is 92.7. The quantitative estimate of drug-likeness (QED) is 0.0178. The van der Waals surface area contributed by atoms with Crippen LogP contribution in [0.15, 0.2) is 99.9 Å². The Bertz CT molecular complexity index is 3280. The summed E-state index contributed by atoms with van der Waals surface area (Å²) in [5.74, 6) is -4.95. The van der Waals surface area contributed by atoms with Crippen LogP contribution in [0.3, 0.4) is 0 Å². The maximum atomic E-state index is 13.4. The Kier molecular flexibility index (Phi) is 30.0. The summed E-state index contributed by atoms with van der Waals surface area (Å²) in [6.07, 6.45) is 4.97. The van der Waals surface area contributed by atoms with Crippen molar-refractivity contribution in [2.24, 2.45) is 7.05 Å². The number of benzene rings is 3. The number of carboxylic acid groups (broad SMARTS) is 4. The topological polar surface area (TPSA) is 395 Å². The molecule has 1 aliphatic rings. The second-order valence-electron chi connectivity index (χ2n) is 19.8. The number of hydroxylamine groups is 1. The number of aromatic amines is 1. The Labute approximate surface area is 531 Å². The van der Waals surface area contributed by atoms with Crippen molar-refractivity contribution in [3.8, 4) is 11.1 Å². The first-order chi connectivity index (χ1) is 41.2. The Morgan fingerprint density at radius 1 is 0.667 bits per heavy atom. The molecule has 1 aliphatic heterocycles. The van der Waals surface area contributed by atoms with Crippen molar-refractivity contribution in [2.45, 2.75) is 28.8 Å². The molecule has 87 heavy (non-hydrogen) atoms. The molecular weight excluding hydrogens is 1340 g/mol. The van der Waals surface area contributed by atoms with E-state index >= 15 is 0 Å². The number of nitrogens with one attached hydrogen (secondary N) is 6. The molecule has 33 heteroatoms. The van der Waals surface area contributed by atoms with E-state index < -0.39 is 67.8 Å². The number of carbonyl (C=O) groups excluding carboxylic acids is 1. The predicted octanol–water partition coefficient (Wildman–Crippen LogP) is -0.626. The van der Waals surface area contributed by atoms with E-state index in [9.17, 15) is 66.0 Å². The molecule has 10 N–H and O–H groups in total. The third-order valence-electron chi connectivity index (χ3n) is 13.4. The van der Waals surface area contributed by atoms with Gasteiger partial charge in [-0.25, -0.2) is 26.5 Å². The smallest absolute Gasteiger partial charge is 0.323 e. The molecule has 0 unspecified atom stereocenters. The standard InChI is InChI=1S/C54H74N12O18S2.Lu/c1-62-34-45(51(73)44-12-3-39(31-47(44)62)32-58-54-55-14-15-56-54)52(74)57-33-46(53(75)76)61-86(79,80)43-10-6-41(7-11-43)40-4-8-42(9-5-40)85(77,78)60-13-2-25-81-27-29-83-30-28-82-26-16-59-84-38-66-23-21-64(36-49(69)70)19-17-63(35-48(67)68)18-20-65(22-24-66)37-50(71)72;/h3-12,14-15,31,34,46,59-61H,2,13,16-30,32-33,35-38H2,1H3,(H,57,74)(H,67,68)(H,69,70)(H,71,72)(H,75,76)(H2,55,56,58);/t46-;/m0./s1. The van der Waals surface area contributed by atoms with Gasteiger partial charge in [-0.2, -0.15) is 10.2 Å². The predicted molar refractivity (Wildman–Crippen MR) is 311 cm³/mol. The summed E-state index contributed by atoms with van der Waals surface area (Å²) in [6, 6.07) is 14.6. The molecule has 0 spiro atoms. The van der Waals surface area contributed by atoms with Gasteiger partial charge in [-0.05, 0) is 59.5 Å². The molecule has 3 heterocycles. The van der Waals surface area contributed by atoms with Gasteiger partial charge in [-0.3, -0.25) is 53.2 Å². The van der Waals surface area contributed by atoms with Crippen molar-refractivity contribution in [2.75, 3.05) is 143 Å². The van der Waals surface area contributed by atoms with Crippen molar-refractivity contribution in [3.63, 3.8) is 0 Å². The second kappa shape index (κ2) is 36.4. The summed E-state index contributed by atoms with van der Waals surface area (Å²) in [5.41, 5.74) is 4.44. The number of rotatable bonds is 35. The number of imidazole rings is 1. The number of amides is 1. The summed E-state index contributed by atoms with van der Waals surface area (Å²) >= 11 is 0. The molecule has 2 aromatic heterocycles. The molecule has 1 saturated heterocycles. The van der Waals surface area contributed by atoms with Crippen LogP contribution in [0.4, 0.5) is 5.95 Å². The third-order valence-corrected chi connectivity index (χ3v) is 16.4. The van der Waals surface area contributed by atoms with Crippen LogP contribution in [0.5, 0.6) is 0 Å². The van der Waals surface area contributed by atoms with Crippen LogP contribution in [0.1, 0.15) is 22.3 Å². The van der Waals surface area contributed by atoms with Gasteiger partial charge in [0.25, 0.3) is 5.91 Å². The fourth-order valence-electron chi connectivity index (χ4n) is 8.81. The Morgan fingerprint density at radius 2 is 1.18 bits per heavy atom. The molecule has 1 fully saturated rings. The first kappa shape index (κ1) is 71.7. The van der Waals surface area contributed by atoms with Gasteiger partial charge < -0.3 is 54.8 Å². The van der Waals surface area contributed by atoms with E-state index in [2.05, 4.69) is 35.5 Å². The van der Waals surface area contributed by atoms with E-state index in [1.165, 1.54) is 42.6 Å². The number of hydrogen-bond acceptors (Lipinski definition) is 21. The first-order valence-electron chi connectivity index (χ1n) is 27.4. The van der Waals surface area contributed by atoms with Crippen molar-refractivity contribution in [1.29, 1.82) is 0 Å². The van der Waals surface area contributed by atoms with Gasteiger partial charge >= 0.3 is 23.9 Å². The molecule has 0 saturated carbocycles. The normalized spacial score (nSPS) is 14.8. The zero-order valence-corrected chi connectivity index (χ0v) is 51.0. The number of hydrogen-bond donors (Lipinski definition) is 10. The van der Waals surface area contributed by atoms with Crippen molar-refractivity contribution < 1.29 is 117 Å². The molecule has 1 radical (unpaired) electrons.